The molecule has 0 saturated carbocycles. The number of nitro groups is 1. The van der Waals surface area contributed by atoms with E-state index < -0.39 is 0 Å². The summed E-state index contributed by atoms with van der Waals surface area (Å²) >= 11 is 0. The van der Waals surface area contributed by atoms with Gasteiger partial charge in [-0.15, -0.1) is 0 Å². The molecule has 6 heteroatoms. The van der Waals surface area contributed by atoms with Crippen molar-refractivity contribution in [3.05, 3.63) is 70.3 Å². The van der Waals surface area contributed by atoms with Crippen LogP contribution < -0.4 is 4.90 Å². The van der Waals surface area contributed by atoms with Crippen molar-refractivity contribution < 1.29 is 14.5 Å². The van der Waals surface area contributed by atoms with Crippen LogP contribution in [0.1, 0.15) is 24.8 Å². The summed E-state index contributed by atoms with van der Waals surface area (Å²) in [5.41, 5.74) is 1.96. The standard InChI is InChI=1S/C20H22N2O4/c23-20(26-15-17-5-2-1-3-6-17)13-16-9-11-21(12-10-16)18-7-4-8-19(14-18)22(24)25/h1-8,14,16H,9-13,15H2. The number of esters is 1. The van der Waals surface area contributed by atoms with Crippen molar-refractivity contribution in [1.82, 2.24) is 0 Å². The molecule has 0 N–H and O–H groups in total. The third-order valence-electron chi connectivity index (χ3n) is 4.72. The molecule has 1 fully saturated rings. The van der Waals surface area contributed by atoms with Crippen molar-refractivity contribution in [2.45, 2.75) is 25.9 Å². The van der Waals surface area contributed by atoms with Crippen LogP contribution in [0.15, 0.2) is 54.6 Å². The van der Waals surface area contributed by atoms with Gasteiger partial charge in [0.1, 0.15) is 6.61 Å². The third kappa shape index (κ3) is 4.81. The van der Waals surface area contributed by atoms with Crippen molar-refractivity contribution in [3.8, 4) is 0 Å². The number of nitrogens with zero attached hydrogens (tertiary/aromatic N) is 2. The lowest BCUT2D eigenvalue weighted by Crippen LogP contribution is -2.34. The minimum Gasteiger partial charge on any atom is -0.461 e. The Balaban J connectivity index is 1.45. The minimum absolute atomic E-state index is 0.106. The highest BCUT2D eigenvalue weighted by atomic mass is 16.6. The molecule has 1 aliphatic rings. The van der Waals surface area contributed by atoms with E-state index in [2.05, 4.69) is 4.90 Å². The van der Waals surface area contributed by atoms with Gasteiger partial charge in [0, 0.05) is 37.3 Å². The van der Waals surface area contributed by atoms with Gasteiger partial charge in [0.25, 0.3) is 5.69 Å². The number of anilines is 1. The van der Waals surface area contributed by atoms with Gasteiger partial charge in [-0.1, -0.05) is 36.4 Å². The number of piperidine rings is 1. The van der Waals surface area contributed by atoms with Crippen LogP contribution in [-0.2, 0) is 16.1 Å². The summed E-state index contributed by atoms with van der Waals surface area (Å²) in [5, 5.41) is 10.9. The molecule has 0 atom stereocenters. The topological polar surface area (TPSA) is 72.7 Å². The fraction of sp³-hybridized carbons (Fsp3) is 0.350. The van der Waals surface area contributed by atoms with Crippen molar-refractivity contribution in [3.63, 3.8) is 0 Å². The highest BCUT2D eigenvalue weighted by Crippen LogP contribution is 2.27. The largest absolute Gasteiger partial charge is 0.461 e. The number of carbonyl (C=O) groups excluding carboxylic acids is 1. The number of non-ortho nitro benzene ring substituents is 1. The summed E-state index contributed by atoms with van der Waals surface area (Å²) in [4.78, 5) is 24.7. The molecular formula is C20H22N2O4. The number of rotatable bonds is 6. The Morgan fingerprint density at radius 3 is 2.54 bits per heavy atom. The van der Waals surface area contributed by atoms with Gasteiger partial charge in [-0.25, -0.2) is 0 Å². The summed E-state index contributed by atoms with van der Waals surface area (Å²) in [7, 11) is 0. The van der Waals surface area contributed by atoms with E-state index in [1.54, 1.807) is 12.1 Å². The van der Waals surface area contributed by atoms with E-state index in [0.717, 1.165) is 37.2 Å². The minimum atomic E-state index is -0.376. The van der Waals surface area contributed by atoms with Crippen LogP contribution in [0.5, 0.6) is 0 Å². The molecule has 2 aromatic rings. The highest BCUT2D eigenvalue weighted by molar-refractivity contribution is 5.69. The maximum Gasteiger partial charge on any atom is 0.306 e. The lowest BCUT2D eigenvalue weighted by Gasteiger charge is -2.33. The zero-order chi connectivity index (χ0) is 18.4. The lowest BCUT2D eigenvalue weighted by atomic mass is 9.93. The second-order valence-electron chi connectivity index (χ2n) is 6.56. The molecule has 6 nitrogen and oxygen atoms in total. The molecule has 0 radical (unpaired) electrons. The third-order valence-corrected chi connectivity index (χ3v) is 4.72. The van der Waals surface area contributed by atoms with Gasteiger partial charge >= 0.3 is 5.97 Å². The molecule has 1 aliphatic heterocycles. The number of hydrogen-bond acceptors (Lipinski definition) is 5. The highest BCUT2D eigenvalue weighted by Gasteiger charge is 2.23. The van der Waals surface area contributed by atoms with Crippen molar-refractivity contribution in [2.75, 3.05) is 18.0 Å². The summed E-state index contributed by atoms with van der Waals surface area (Å²) in [6.07, 6.45) is 2.18. The Morgan fingerprint density at radius 1 is 1.12 bits per heavy atom. The summed E-state index contributed by atoms with van der Waals surface area (Å²) in [6.45, 7) is 1.89. The molecule has 0 spiro atoms. The Kier molecular flexibility index (Phi) is 5.84. The van der Waals surface area contributed by atoms with Gasteiger partial charge in [0.05, 0.1) is 4.92 Å². The summed E-state index contributed by atoms with van der Waals surface area (Å²) in [5.74, 6) is 0.135. The number of nitro benzene ring substituents is 1. The van der Waals surface area contributed by atoms with Crippen LogP contribution in [0, 0.1) is 16.0 Å². The van der Waals surface area contributed by atoms with Crippen molar-refractivity contribution >= 4 is 17.3 Å². The van der Waals surface area contributed by atoms with E-state index in [0.29, 0.717) is 18.9 Å². The average Bonchev–Trinajstić information content (AvgIpc) is 2.68. The number of hydrogen-bond donors (Lipinski definition) is 0. The molecule has 1 saturated heterocycles. The smallest absolute Gasteiger partial charge is 0.306 e. The molecule has 0 unspecified atom stereocenters. The molecule has 1 heterocycles. The van der Waals surface area contributed by atoms with Crippen LogP contribution in [0.2, 0.25) is 0 Å². The lowest BCUT2D eigenvalue weighted by molar-refractivity contribution is -0.384. The molecular weight excluding hydrogens is 332 g/mol. The van der Waals surface area contributed by atoms with Gasteiger partial charge in [-0.3, -0.25) is 14.9 Å². The Bertz CT molecular complexity index is 755. The van der Waals surface area contributed by atoms with E-state index in [-0.39, 0.29) is 16.6 Å². The first kappa shape index (κ1) is 17.9. The molecule has 0 amide bonds. The van der Waals surface area contributed by atoms with E-state index in [1.165, 1.54) is 6.07 Å². The number of benzene rings is 2. The second kappa shape index (κ2) is 8.47. The Morgan fingerprint density at radius 2 is 1.85 bits per heavy atom. The maximum atomic E-state index is 12.0. The van der Waals surface area contributed by atoms with Gasteiger partial charge in [-0.05, 0) is 30.4 Å². The monoisotopic (exact) mass is 354 g/mol. The van der Waals surface area contributed by atoms with E-state index in [4.69, 9.17) is 4.74 Å². The second-order valence-corrected chi connectivity index (χ2v) is 6.56. The first-order valence-electron chi connectivity index (χ1n) is 8.81. The maximum absolute atomic E-state index is 12.0. The van der Waals surface area contributed by atoms with Crippen molar-refractivity contribution in [2.24, 2.45) is 5.92 Å². The number of carbonyl (C=O) groups is 1. The molecule has 2 aromatic carbocycles. The molecule has 0 bridgehead atoms. The Labute approximate surface area is 152 Å². The van der Waals surface area contributed by atoms with E-state index in [1.807, 2.05) is 36.4 Å². The van der Waals surface area contributed by atoms with E-state index >= 15 is 0 Å². The van der Waals surface area contributed by atoms with Crippen LogP contribution >= 0.6 is 0 Å². The zero-order valence-corrected chi connectivity index (χ0v) is 14.5. The fourth-order valence-corrected chi connectivity index (χ4v) is 3.23. The van der Waals surface area contributed by atoms with Crippen LogP contribution in [0.25, 0.3) is 0 Å². The van der Waals surface area contributed by atoms with Crippen LogP contribution in [0.3, 0.4) is 0 Å². The summed E-state index contributed by atoms with van der Waals surface area (Å²) < 4.78 is 5.36. The first-order valence-corrected chi connectivity index (χ1v) is 8.81. The molecule has 0 aliphatic carbocycles. The molecule has 136 valence electrons. The SMILES string of the molecule is O=C(CC1CCN(c2cccc([N+](=O)[O-])c2)CC1)OCc1ccccc1. The van der Waals surface area contributed by atoms with Crippen LogP contribution in [-0.4, -0.2) is 24.0 Å². The van der Waals surface area contributed by atoms with Gasteiger partial charge in [0.2, 0.25) is 0 Å². The quantitative estimate of drug-likeness (QED) is 0.446. The van der Waals surface area contributed by atoms with Gasteiger partial charge in [-0.2, -0.15) is 0 Å². The van der Waals surface area contributed by atoms with Crippen LogP contribution in [0.4, 0.5) is 11.4 Å². The molecule has 26 heavy (non-hydrogen) atoms. The predicted molar refractivity (Wildman–Crippen MR) is 98.9 cm³/mol. The van der Waals surface area contributed by atoms with Gasteiger partial charge in [0.15, 0.2) is 0 Å². The summed E-state index contributed by atoms with van der Waals surface area (Å²) in [6, 6.07) is 16.4. The fourth-order valence-electron chi connectivity index (χ4n) is 3.23. The normalized spacial score (nSPS) is 14.8. The molecule has 3 rings (SSSR count). The molecule has 0 aromatic heterocycles. The predicted octanol–water partition coefficient (Wildman–Crippen LogP) is 3.94. The zero-order valence-electron chi connectivity index (χ0n) is 14.5. The average molecular weight is 354 g/mol. The number of ether oxygens (including phenoxy) is 1. The van der Waals surface area contributed by atoms with Gasteiger partial charge < -0.3 is 9.64 Å². The Hall–Kier alpha value is -2.89. The first-order chi connectivity index (χ1) is 12.6. The van der Waals surface area contributed by atoms with E-state index in [9.17, 15) is 14.9 Å². The van der Waals surface area contributed by atoms with Crippen molar-refractivity contribution in [1.29, 1.82) is 0 Å².